The summed E-state index contributed by atoms with van der Waals surface area (Å²) in [4.78, 5) is 28.0. The second-order valence-corrected chi connectivity index (χ2v) is 9.27. The molecule has 0 saturated heterocycles. The van der Waals surface area contributed by atoms with Crippen LogP contribution < -0.4 is 5.32 Å². The monoisotopic (exact) mass is 460 g/mol. The molecule has 34 heavy (non-hydrogen) atoms. The van der Waals surface area contributed by atoms with E-state index in [4.69, 9.17) is 0 Å². The largest absolute Gasteiger partial charge is 0.352 e. The first kappa shape index (κ1) is 23.9. The lowest BCUT2D eigenvalue weighted by atomic mass is 9.95. The lowest BCUT2D eigenvalue weighted by molar-refractivity contribution is -0.141. The average Bonchev–Trinajstić information content (AvgIpc) is 2.87. The van der Waals surface area contributed by atoms with Crippen molar-refractivity contribution in [2.24, 2.45) is 0 Å². The van der Waals surface area contributed by atoms with Gasteiger partial charge in [-0.25, -0.2) is 4.39 Å². The van der Waals surface area contributed by atoms with Crippen LogP contribution in [0.5, 0.6) is 0 Å². The van der Waals surface area contributed by atoms with Crippen molar-refractivity contribution in [1.82, 2.24) is 10.2 Å². The van der Waals surface area contributed by atoms with E-state index < -0.39 is 6.04 Å². The summed E-state index contributed by atoms with van der Waals surface area (Å²) in [5.74, 6) is -0.682. The third kappa shape index (κ3) is 5.82. The van der Waals surface area contributed by atoms with E-state index in [9.17, 15) is 14.0 Å². The minimum atomic E-state index is -0.679. The van der Waals surface area contributed by atoms with Crippen LogP contribution in [0.4, 0.5) is 4.39 Å². The molecule has 0 spiro atoms. The second kappa shape index (κ2) is 11.3. The number of aryl methyl sites for hydroxylation is 1. The number of hydrogen-bond acceptors (Lipinski definition) is 2. The van der Waals surface area contributed by atoms with Crippen LogP contribution in [0.2, 0.25) is 0 Å². The van der Waals surface area contributed by atoms with Gasteiger partial charge in [-0.1, -0.05) is 79.9 Å². The summed E-state index contributed by atoms with van der Waals surface area (Å²) in [6, 6.07) is 20.1. The third-order valence-electron chi connectivity index (χ3n) is 6.91. The van der Waals surface area contributed by atoms with Gasteiger partial charge in [-0.05, 0) is 48.6 Å². The maximum atomic E-state index is 14.4. The van der Waals surface area contributed by atoms with Crippen molar-refractivity contribution in [3.8, 4) is 0 Å². The van der Waals surface area contributed by atoms with Crippen LogP contribution in [0.1, 0.15) is 56.6 Å². The van der Waals surface area contributed by atoms with Crippen LogP contribution in [0, 0.1) is 5.82 Å². The van der Waals surface area contributed by atoms with Crippen LogP contribution in [0.25, 0.3) is 10.8 Å². The van der Waals surface area contributed by atoms with Gasteiger partial charge in [0.1, 0.15) is 11.9 Å². The third-order valence-corrected chi connectivity index (χ3v) is 6.91. The molecule has 1 unspecified atom stereocenters. The Hall–Kier alpha value is -3.21. The van der Waals surface area contributed by atoms with Crippen molar-refractivity contribution in [1.29, 1.82) is 0 Å². The Morgan fingerprint density at radius 2 is 1.62 bits per heavy atom. The molecule has 2 amide bonds. The molecule has 4 rings (SSSR count). The van der Waals surface area contributed by atoms with Gasteiger partial charge >= 0.3 is 0 Å². The van der Waals surface area contributed by atoms with E-state index in [0.29, 0.717) is 12.0 Å². The number of halogens is 1. The highest BCUT2D eigenvalue weighted by molar-refractivity contribution is 5.89. The first-order valence-corrected chi connectivity index (χ1v) is 12.3. The lowest BCUT2D eigenvalue weighted by Crippen LogP contribution is -2.50. The van der Waals surface area contributed by atoms with Crippen LogP contribution in [-0.4, -0.2) is 28.8 Å². The first-order chi connectivity index (χ1) is 16.5. The summed E-state index contributed by atoms with van der Waals surface area (Å²) in [7, 11) is 0. The molecule has 1 saturated carbocycles. The zero-order valence-corrected chi connectivity index (χ0v) is 19.8. The topological polar surface area (TPSA) is 49.4 Å². The summed E-state index contributed by atoms with van der Waals surface area (Å²) in [5, 5.41) is 5.39. The fourth-order valence-electron chi connectivity index (χ4n) is 4.86. The molecule has 4 nitrogen and oxygen atoms in total. The predicted molar refractivity (Wildman–Crippen MR) is 134 cm³/mol. The number of amides is 2. The van der Waals surface area contributed by atoms with Gasteiger partial charge in [0.15, 0.2) is 0 Å². The van der Waals surface area contributed by atoms with Crippen molar-refractivity contribution in [3.63, 3.8) is 0 Å². The van der Waals surface area contributed by atoms with E-state index >= 15 is 0 Å². The number of nitrogens with one attached hydrogen (secondary N) is 1. The second-order valence-electron chi connectivity index (χ2n) is 9.27. The SMILES string of the molecule is CC(C(=O)NC1CCCCC1)N(Cc1ccccc1F)C(=O)CCc1cccc2ccccc12. The molecule has 1 fully saturated rings. The van der Waals surface area contributed by atoms with Gasteiger partial charge in [-0.3, -0.25) is 9.59 Å². The fourth-order valence-corrected chi connectivity index (χ4v) is 4.86. The number of carbonyl (C=O) groups excluding carboxylic acids is 2. The Balaban J connectivity index is 1.50. The van der Waals surface area contributed by atoms with Gasteiger partial charge in [-0.15, -0.1) is 0 Å². The average molecular weight is 461 g/mol. The Kier molecular flexibility index (Phi) is 7.94. The summed E-state index contributed by atoms with van der Waals surface area (Å²) in [6.07, 6.45) is 6.19. The number of carbonyl (C=O) groups is 2. The standard InChI is InChI=1S/C29H33FN2O2/c1-21(29(34)31-25-14-3-2-4-15-25)32(20-24-11-6-8-17-27(24)30)28(33)19-18-23-13-9-12-22-10-5-7-16-26(22)23/h5-13,16-17,21,25H,2-4,14-15,18-20H2,1H3,(H,31,34). The zero-order valence-electron chi connectivity index (χ0n) is 19.8. The molecule has 0 aromatic heterocycles. The number of nitrogens with zero attached hydrogens (tertiary/aromatic N) is 1. The molecule has 3 aromatic carbocycles. The van der Waals surface area contributed by atoms with Crippen LogP contribution >= 0.6 is 0 Å². The molecule has 178 valence electrons. The van der Waals surface area contributed by atoms with E-state index in [1.165, 1.54) is 17.4 Å². The molecule has 0 aliphatic heterocycles. The van der Waals surface area contributed by atoms with E-state index in [0.717, 1.165) is 42.0 Å². The molecule has 1 atom stereocenters. The fraction of sp³-hybridized carbons (Fsp3) is 0.379. The molecular formula is C29H33FN2O2. The minimum absolute atomic E-state index is 0.0697. The van der Waals surface area contributed by atoms with Gasteiger partial charge in [0.05, 0.1) is 0 Å². The van der Waals surface area contributed by atoms with Gasteiger partial charge in [0.25, 0.3) is 0 Å². The highest BCUT2D eigenvalue weighted by atomic mass is 19.1. The Morgan fingerprint density at radius 1 is 0.941 bits per heavy atom. The van der Waals surface area contributed by atoms with Crippen LogP contribution in [-0.2, 0) is 22.6 Å². The molecule has 1 aliphatic carbocycles. The molecule has 0 radical (unpaired) electrons. The van der Waals surface area contributed by atoms with Crippen LogP contribution in [0.3, 0.4) is 0 Å². The quantitative estimate of drug-likeness (QED) is 0.463. The number of fused-ring (bicyclic) bond motifs is 1. The first-order valence-electron chi connectivity index (χ1n) is 12.3. The van der Waals surface area contributed by atoms with Gasteiger partial charge in [0, 0.05) is 24.6 Å². The summed E-state index contributed by atoms with van der Waals surface area (Å²) < 4.78 is 14.4. The minimum Gasteiger partial charge on any atom is -0.352 e. The van der Waals surface area contributed by atoms with E-state index in [1.807, 2.05) is 24.3 Å². The molecule has 5 heteroatoms. The predicted octanol–water partition coefficient (Wildman–Crippen LogP) is 5.78. The number of hydrogen-bond donors (Lipinski definition) is 1. The lowest BCUT2D eigenvalue weighted by Gasteiger charge is -2.31. The van der Waals surface area contributed by atoms with Gasteiger partial charge < -0.3 is 10.2 Å². The number of rotatable bonds is 8. The molecular weight excluding hydrogens is 427 g/mol. The van der Waals surface area contributed by atoms with E-state index in [1.54, 1.807) is 25.1 Å². The van der Waals surface area contributed by atoms with Crippen molar-refractivity contribution in [2.75, 3.05) is 0 Å². The summed E-state index contributed by atoms with van der Waals surface area (Å²) in [5.41, 5.74) is 1.51. The van der Waals surface area contributed by atoms with Gasteiger partial charge in [0.2, 0.25) is 11.8 Å². The molecule has 3 aromatic rings. The van der Waals surface area contributed by atoms with Crippen molar-refractivity contribution in [3.05, 3.63) is 83.7 Å². The van der Waals surface area contributed by atoms with E-state index in [-0.39, 0.29) is 36.6 Å². The maximum Gasteiger partial charge on any atom is 0.242 e. The van der Waals surface area contributed by atoms with Crippen LogP contribution in [0.15, 0.2) is 66.7 Å². The van der Waals surface area contributed by atoms with Crippen molar-refractivity contribution < 1.29 is 14.0 Å². The smallest absolute Gasteiger partial charge is 0.242 e. The highest BCUT2D eigenvalue weighted by Crippen LogP contribution is 2.22. The summed E-state index contributed by atoms with van der Waals surface area (Å²) >= 11 is 0. The highest BCUT2D eigenvalue weighted by Gasteiger charge is 2.28. The van der Waals surface area contributed by atoms with Gasteiger partial charge in [-0.2, -0.15) is 0 Å². The molecule has 1 N–H and O–H groups in total. The van der Waals surface area contributed by atoms with Crippen molar-refractivity contribution >= 4 is 22.6 Å². The molecule has 0 heterocycles. The van der Waals surface area contributed by atoms with E-state index in [2.05, 4.69) is 23.5 Å². The zero-order chi connectivity index (χ0) is 23.9. The summed E-state index contributed by atoms with van der Waals surface area (Å²) in [6.45, 7) is 1.81. The molecule has 1 aliphatic rings. The maximum absolute atomic E-state index is 14.4. The molecule has 0 bridgehead atoms. The Bertz CT molecular complexity index is 1130. The normalized spacial score (nSPS) is 15.1. The number of benzene rings is 3. The Morgan fingerprint density at radius 3 is 2.41 bits per heavy atom. The Labute approximate surface area is 201 Å². The van der Waals surface area contributed by atoms with Crippen molar-refractivity contribution in [2.45, 2.75) is 70.5 Å².